The zero-order chi connectivity index (χ0) is 28.3. The summed E-state index contributed by atoms with van der Waals surface area (Å²) in [4.78, 5) is 2.36. The number of fused-ring (bicyclic) bond motifs is 8. The van der Waals surface area contributed by atoms with Gasteiger partial charge in [0.1, 0.15) is 11.2 Å². The van der Waals surface area contributed by atoms with Gasteiger partial charge in [0.2, 0.25) is 0 Å². The van der Waals surface area contributed by atoms with Gasteiger partial charge in [0.25, 0.3) is 0 Å². The lowest BCUT2D eigenvalue weighted by molar-refractivity contribution is 0.669. The fraction of sp³-hybridized carbons (Fsp3) is 0. The van der Waals surface area contributed by atoms with Crippen LogP contribution in [0.2, 0.25) is 0 Å². The Labute approximate surface area is 248 Å². The van der Waals surface area contributed by atoms with Gasteiger partial charge in [-0.3, -0.25) is 0 Å². The molecule has 0 aliphatic rings. The van der Waals surface area contributed by atoms with Gasteiger partial charge < -0.3 is 13.9 Å². The molecule has 0 bridgehead atoms. The predicted octanol–water partition coefficient (Wildman–Crippen LogP) is 11.3. The molecule has 0 saturated heterocycles. The van der Waals surface area contributed by atoms with Crippen molar-refractivity contribution in [3.05, 3.63) is 158 Å². The third kappa shape index (κ3) is 3.68. The van der Waals surface area contributed by atoms with E-state index in [1.807, 2.05) is 12.1 Å². The molecule has 2 heterocycles. The van der Waals surface area contributed by atoms with Crippen LogP contribution in [0.3, 0.4) is 0 Å². The average molecular weight is 551 g/mol. The number of hydrogen-bond acceptors (Lipinski definition) is 2. The first-order chi connectivity index (χ1) is 21.3. The summed E-state index contributed by atoms with van der Waals surface area (Å²) in [6.45, 7) is 0. The van der Waals surface area contributed by atoms with E-state index in [1.165, 1.54) is 32.6 Å². The second kappa shape index (κ2) is 9.37. The molecule has 7 aromatic carbocycles. The van der Waals surface area contributed by atoms with Crippen molar-refractivity contribution in [1.82, 2.24) is 4.57 Å². The van der Waals surface area contributed by atoms with E-state index in [-0.39, 0.29) is 0 Å². The Morgan fingerprint density at radius 3 is 1.88 bits per heavy atom. The van der Waals surface area contributed by atoms with Gasteiger partial charge in [-0.15, -0.1) is 0 Å². The normalized spacial score (nSPS) is 11.7. The summed E-state index contributed by atoms with van der Waals surface area (Å²) in [5, 5.41) is 7.13. The minimum atomic E-state index is 0.909. The second-order valence-corrected chi connectivity index (χ2v) is 11.0. The fourth-order valence-corrected chi connectivity index (χ4v) is 6.65. The third-order valence-corrected chi connectivity index (χ3v) is 8.54. The van der Waals surface area contributed by atoms with E-state index in [2.05, 4.69) is 155 Å². The van der Waals surface area contributed by atoms with E-state index in [0.29, 0.717) is 0 Å². The van der Waals surface area contributed by atoms with E-state index < -0.39 is 0 Å². The van der Waals surface area contributed by atoms with Crippen molar-refractivity contribution in [3.8, 4) is 5.69 Å². The molecule has 3 nitrogen and oxygen atoms in total. The number of para-hydroxylation sites is 4. The molecule has 2 aromatic heterocycles. The Morgan fingerprint density at radius 2 is 1.05 bits per heavy atom. The van der Waals surface area contributed by atoms with Crippen LogP contribution in [0.4, 0.5) is 17.1 Å². The standard InChI is InChI=1S/C40H26N2O/c1-3-11-28(12-4-1)41(30-21-19-27-20-24-39-40(34(27)25-30)33-16-8-10-18-38(33)43-39)31-22-23-37-35(26-31)32-15-7-9-17-36(32)42(37)29-13-5-2-6-14-29/h1-26H. The number of rotatable bonds is 4. The summed E-state index contributed by atoms with van der Waals surface area (Å²) in [5.74, 6) is 0. The summed E-state index contributed by atoms with van der Waals surface area (Å²) < 4.78 is 8.60. The number of hydrogen-bond donors (Lipinski definition) is 0. The zero-order valence-corrected chi connectivity index (χ0v) is 23.3. The molecule has 9 aromatic rings. The van der Waals surface area contributed by atoms with Crippen LogP contribution < -0.4 is 4.90 Å². The summed E-state index contributed by atoms with van der Waals surface area (Å²) in [6, 6.07) is 56.1. The molecular formula is C40H26N2O. The fourth-order valence-electron chi connectivity index (χ4n) is 6.65. The largest absolute Gasteiger partial charge is 0.456 e. The SMILES string of the molecule is c1ccc(N(c2ccc3ccc4oc5ccccc5c4c3c2)c2ccc3c(c2)c2ccccc2n3-c2ccccc2)cc1. The Bertz CT molecular complexity index is 2450. The number of benzene rings is 7. The van der Waals surface area contributed by atoms with Crippen LogP contribution in [0.15, 0.2) is 162 Å². The van der Waals surface area contributed by atoms with Gasteiger partial charge >= 0.3 is 0 Å². The van der Waals surface area contributed by atoms with Gasteiger partial charge in [-0.05, 0) is 83.6 Å². The molecule has 202 valence electrons. The number of nitrogens with zero attached hydrogens (tertiary/aromatic N) is 2. The van der Waals surface area contributed by atoms with Gasteiger partial charge in [-0.1, -0.05) is 84.9 Å². The lowest BCUT2D eigenvalue weighted by Crippen LogP contribution is -2.09. The average Bonchev–Trinajstić information content (AvgIpc) is 3.62. The van der Waals surface area contributed by atoms with Crippen LogP contribution in [-0.2, 0) is 0 Å². The van der Waals surface area contributed by atoms with Gasteiger partial charge in [0, 0.05) is 44.3 Å². The monoisotopic (exact) mass is 550 g/mol. The van der Waals surface area contributed by atoms with Crippen LogP contribution in [0, 0.1) is 0 Å². The molecule has 0 atom stereocenters. The molecule has 0 amide bonds. The van der Waals surface area contributed by atoms with Crippen LogP contribution >= 0.6 is 0 Å². The molecule has 0 saturated carbocycles. The molecule has 0 N–H and O–H groups in total. The van der Waals surface area contributed by atoms with Crippen molar-refractivity contribution in [1.29, 1.82) is 0 Å². The number of aromatic nitrogens is 1. The van der Waals surface area contributed by atoms with Crippen molar-refractivity contribution in [2.75, 3.05) is 4.90 Å². The van der Waals surface area contributed by atoms with E-state index in [0.717, 1.165) is 44.7 Å². The van der Waals surface area contributed by atoms with Crippen molar-refractivity contribution >= 4 is 71.6 Å². The van der Waals surface area contributed by atoms with E-state index in [4.69, 9.17) is 4.42 Å². The van der Waals surface area contributed by atoms with Crippen molar-refractivity contribution in [2.24, 2.45) is 0 Å². The molecule has 3 heteroatoms. The molecule has 0 spiro atoms. The Hall–Kier alpha value is -5.80. The van der Waals surface area contributed by atoms with Gasteiger partial charge in [-0.2, -0.15) is 0 Å². The molecule has 43 heavy (non-hydrogen) atoms. The highest BCUT2D eigenvalue weighted by atomic mass is 16.3. The molecular weight excluding hydrogens is 524 g/mol. The third-order valence-electron chi connectivity index (χ3n) is 8.54. The Kier molecular flexibility index (Phi) is 5.20. The number of furan rings is 1. The molecule has 9 rings (SSSR count). The molecule has 0 unspecified atom stereocenters. The van der Waals surface area contributed by atoms with Gasteiger partial charge in [0.15, 0.2) is 0 Å². The second-order valence-electron chi connectivity index (χ2n) is 11.0. The Morgan fingerprint density at radius 1 is 0.419 bits per heavy atom. The first-order valence-electron chi connectivity index (χ1n) is 14.6. The molecule has 0 fully saturated rings. The molecule has 0 aliphatic heterocycles. The highest BCUT2D eigenvalue weighted by molar-refractivity contribution is 6.19. The molecule has 0 aliphatic carbocycles. The smallest absolute Gasteiger partial charge is 0.136 e. The Balaban J connectivity index is 1.30. The maximum atomic E-state index is 6.24. The van der Waals surface area contributed by atoms with Gasteiger partial charge in [-0.25, -0.2) is 0 Å². The van der Waals surface area contributed by atoms with E-state index in [1.54, 1.807) is 0 Å². The topological polar surface area (TPSA) is 21.3 Å². The highest BCUT2D eigenvalue weighted by Crippen LogP contribution is 2.42. The number of anilines is 3. The van der Waals surface area contributed by atoms with E-state index >= 15 is 0 Å². The van der Waals surface area contributed by atoms with Gasteiger partial charge in [0.05, 0.1) is 11.0 Å². The first-order valence-corrected chi connectivity index (χ1v) is 14.6. The first kappa shape index (κ1) is 23.9. The van der Waals surface area contributed by atoms with Crippen LogP contribution in [0.1, 0.15) is 0 Å². The lowest BCUT2D eigenvalue weighted by atomic mass is 10.0. The maximum absolute atomic E-state index is 6.24. The van der Waals surface area contributed by atoms with Crippen LogP contribution in [0.5, 0.6) is 0 Å². The summed E-state index contributed by atoms with van der Waals surface area (Å²) in [7, 11) is 0. The summed E-state index contributed by atoms with van der Waals surface area (Å²) in [5.41, 5.74) is 8.69. The minimum absolute atomic E-state index is 0.909. The summed E-state index contributed by atoms with van der Waals surface area (Å²) >= 11 is 0. The van der Waals surface area contributed by atoms with Crippen molar-refractivity contribution in [3.63, 3.8) is 0 Å². The molecule has 0 radical (unpaired) electrons. The quantitative estimate of drug-likeness (QED) is 0.217. The lowest BCUT2D eigenvalue weighted by Gasteiger charge is -2.26. The predicted molar refractivity (Wildman–Crippen MR) is 180 cm³/mol. The summed E-state index contributed by atoms with van der Waals surface area (Å²) in [6.07, 6.45) is 0. The maximum Gasteiger partial charge on any atom is 0.136 e. The van der Waals surface area contributed by atoms with Crippen molar-refractivity contribution in [2.45, 2.75) is 0 Å². The van der Waals surface area contributed by atoms with Crippen molar-refractivity contribution < 1.29 is 4.42 Å². The minimum Gasteiger partial charge on any atom is -0.456 e. The van der Waals surface area contributed by atoms with E-state index in [9.17, 15) is 0 Å². The zero-order valence-electron chi connectivity index (χ0n) is 23.3. The highest BCUT2D eigenvalue weighted by Gasteiger charge is 2.18. The van der Waals surface area contributed by atoms with Crippen LogP contribution in [0.25, 0.3) is 60.2 Å². The van der Waals surface area contributed by atoms with Crippen LogP contribution in [-0.4, -0.2) is 4.57 Å².